The molecule has 0 spiro atoms. The molecule has 2 heterocycles. The minimum atomic E-state index is -0.385. The van der Waals surface area contributed by atoms with Crippen molar-refractivity contribution < 1.29 is 9.53 Å². The van der Waals surface area contributed by atoms with Gasteiger partial charge in [-0.1, -0.05) is 12.8 Å². The van der Waals surface area contributed by atoms with Gasteiger partial charge in [-0.3, -0.25) is 4.79 Å². The second kappa shape index (κ2) is 4.49. The van der Waals surface area contributed by atoms with Crippen molar-refractivity contribution in [3.05, 3.63) is 0 Å². The van der Waals surface area contributed by atoms with Crippen LogP contribution in [0.5, 0.6) is 0 Å². The third-order valence-electron chi connectivity index (χ3n) is 3.49. The summed E-state index contributed by atoms with van der Waals surface area (Å²) < 4.78 is 5.14. The first-order valence-electron chi connectivity index (χ1n) is 5.86. The Morgan fingerprint density at radius 2 is 1.80 bits per heavy atom. The smallest absolute Gasteiger partial charge is 0.234 e. The molecule has 15 heavy (non-hydrogen) atoms. The van der Waals surface area contributed by atoms with Gasteiger partial charge < -0.3 is 15.4 Å². The first kappa shape index (κ1) is 10.9. The Bertz CT molecular complexity index is 225. The van der Waals surface area contributed by atoms with Crippen LogP contribution in [0.15, 0.2) is 0 Å². The number of carbonyl (C=O) groups excluding carboxylic acids is 1. The van der Waals surface area contributed by atoms with E-state index < -0.39 is 0 Å². The van der Waals surface area contributed by atoms with Crippen molar-refractivity contribution in [2.45, 2.75) is 25.7 Å². The molecule has 0 aromatic carbocycles. The lowest BCUT2D eigenvalue weighted by Gasteiger charge is -2.42. The summed E-state index contributed by atoms with van der Waals surface area (Å²) in [5, 5.41) is 0. The Kier molecular flexibility index (Phi) is 3.26. The van der Waals surface area contributed by atoms with Gasteiger partial charge in [0.15, 0.2) is 0 Å². The first-order chi connectivity index (χ1) is 7.28. The monoisotopic (exact) mass is 212 g/mol. The third-order valence-corrected chi connectivity index (χ3v) is 3.49. The molecule has 2 N–H and O–H groups in total. The van der Waals surface area contributed by atoms with Crippen molar-refractivity contribution in [1.82, 2.24) is 4.90 Å². The van der Waals surface area contributed by atoms with Gasteiger partial charge in [-0.15, -0.1) is 0 Å². The first-order valence-corrected chi connectivity index (χ1v) is 5.86. The fourth-order valence-corrected chi connectivity index (χ4v) is 2.29. The molecule has 4 nitrogen and oxygen atoms in total. The molecule has 2 saturated heterocycles. The molecule has 2 fully saturated rings. The molecule has 0 aromatic heterocycles. The van der Waals surface area contributed by atoms with Crippen LogP contribution in [-0.2, 0) is 9.53 Å². The zero-order valence-corrected chi connectivity index (χ0v) is 9.21. The molecule has 86 valence electrons. The van der Waals surface area contributed by atoms with Crippen molar-refractivity contribution >= 4 is 5.91 Å². The van der Waals surface area contributed by atoms with Gasteiger partial charge in [0.25, 0.3) is 0 Å². The van der Waals surface area contributed by atoms with Gasteiger partial charge in [-0.2, -0.15) is 0 Å². The number of rotatable bonds is 2. The minimum absolute atomic E-state index is 0.221. The summed E-state index contributed by atoms with van der Waals surface area (Å²) in [5.41, 5.74) is 5.30. The zero-order valence-electron chi connectivity index (χ0n) is 9.21. The van der Waals surface area contributed by atoms with Crippen LogP contribution in [0, 0.1) is 5.41 Å². The topological polar surface area (TPSA) is 55.6 Å². The van der Waals surface area contributed by atoms with E-state index in [1.165, 1.54) is 12.8 Å². The third kappa shape index (κ3) is 2.01. The predicted molar refractivity (Wildman–Crippen MR) is 57.4 cm³/mol. The van der Waals surface area contributed by atoms with E-state index in [4.69, 9.17) is 10.5 Å². The maximum Gasteiger partial charge on any atom is 0.234 e. The van der Waals surface area contributed by atoms with Gasteiger partial charge in [0.2, 0.25) is 5.91 Å². The summed E-state index contributed by atoms with van der Waals surface area (Å²) in [7, 11) is 0. The molecule has 2 aliphatic heterocycles. The van der Waals surface area contributed by atoms with Gasteiger partial charge in [0.05, 0.1) is 13.2 Å². The highest BCUT2D eigenvalue weighted by atomic mass is 16.5. The molecule has 0 atom stereocenters. The number of amides is 1. The Balaban J connectivity index is 1.98. The number of nitrogens with two attached hydrogens (primary N) is 1. The summed E-state index contributed by atoms with van der Waals surface area (Å²) in [4.78, 5) is 14.2. The van der Waals surface area contributed by atoms with Crippen molar-refractivity contribution in [3.63, 3.8) is 0 Å². The molecule has 4 heteroatoms. The minimum Gasteiger partial charge on any atom is -0.379 e. The SMILES string of the molecule is NCC1(C(=O)N2CCCCCC2)COC1. The van der Waals surface area contributed by atoms with Gasteiger partial charge in [-0.05, 0) is 12.8 Å². The second-order valence-electron chi connectivity index (χ2n) is 4.68. The summed E-state index contributed by atoms with van der Waals surface area (Å²) in [6.07, 6.45) is 4.76. The normalized spacial score (nSPS) is 25.5. The zero-order chi connectivity index (χ0) is 10.7. The van der Waals surface area contributed by atoms with Crippen molar-refractivity contribution in [1.29, 1.82) is 0 Å². The van der Waals surface area contributed by atoms with E-state index in [9.17, 15) is 4.79 Å². The van der Waals surface area contributed by atoms with Crippen LogP contribution in [0.3, 0.4) is 0 Å². The maximum absolute atomic E-state index is 12.3. The average Bonchev–Trinajstić information content (AvgIpc) is 2.44. The van der Waals surface area contributed by atoms with E-state index in [-0.39, 0.29) is 11.3 Å². The highest BCUT2D eigenvalue weighted by Crippen LogP contribution is 2.29. The molecular weight excluding hydrogens is 192 g/mol. The van der Waals surface area contributed by atoms with Crippen LogP contribution in [0.1, 0.15) is 25.7 Å². The molecule has 0 unspecified atom stereocenters. The molecular formula is C11H20N2O2. The van der Waals surface area contributed by atoms with E-state index >= 15 is 0 Å². The molecule has 0 radical (unpaired) electrons. The summed E-state index contributed by atoms with van der Waals surface area (Å²) >= 11 is 0. The highest BCUT2D eigenvalue weighted by Gasteiger charge is 2.46. The number of hydrogen-bond donors (Lipinski definition) is 1. The Labute approximate surface area is 90.8 Å². The summed E-state index contributed by atoms with van der Waals surface area (Å²) in [5.74, 6) is 0.221. The van der Waals surface area contributed by atoms with Crippen LogP contribution < -0.4 is 5.73 Å². The molecule has 2 aliphatic rings. The number of carbonyl (C=O) groups is 1. The molecule has 0 aromatic rings. The van der Waals surface area contributed by atoms with E-state index in [2.05, 4.69) is 0 Å². The quantitative estimate of drug-likeness (QED) is 0.719. The lowest BCUT2D eigenvalue weighted by molar-refractivity contribution is -0.170. The number of likely N-dealkylation sites (tertiary alicyclic amines) is 1. The fraction of sp³-hybridized carbons (Fsp3) is 0.909. The number of hydrogen-bond acceptors (Lipinski definition) is 3. The number of ether oxygens (including phenoxy) is 1. The van der Waals surface area contributed by atoms with Crippen LogP contribution in [-0.4, -0.2) is 43.7 Å². The average molecular weight is 212 g/mol. The Morgan fingerprint density at radius 3 is 2.20 bits per heavy atom. The lowest BCUT2D eigenvalue weighted by atomic mass is 9.84. The van der Waals surface area contributed by atoms with Crippen LogP contribution in [0.2, 0.25) is 0 Å². The van der Waals surface area contributed by atoms with Crippen molar-refractivity contribution in [2.75, 3.05) is 32.8 Å². The predicted octanol–water partition coefficient (Wildman–Crippen LogP) is 0.364. The largest absolute Gasteiger partial charge is 0.379 e. The van der Waals surface area contributed by atoms with Crippen molar-refractivity contribution in [2.24, 2.45) is 11.1 Å². The van der Waals surface area contributed by atoms with Gasteiger partial charge in [0, 0.05) is 19.6 Å². The lowest BCUT2D eigenvalue weighted by Crippen LogP contribution is -2.59. The van der Waals surface area contributed by atoms with E-state index in [0.717, 1.165) is 25.9 Å². The standard InChI is InChI=1S/C11H20N2O2/c12-7-11(8-15-9-11)10(14)13-5-3-1-2-4-6-13/h1-9,12H2. The Morgan fingerprint density at radius 1 is 1.20 bits per heavy atom. The fourth-order valence-electron chi connectivity index (χ4n) is 2.29. The van der Waals surface area contributed by atoms with Crippen molar-refractivity contribution in [3.8, 4) is 0 Å². The van der Waals surface area contributed by atoms with E-state index in [1.54, 1.807) is 0 Å². The molecule has 0 aliphatic carbocycles. The molecule has 2 rings (SSSR count). The van der Waals surface area contributed by atoms with E-state index in [1.807, 2.05) is 4.90 Å². The summed E-state index contributed by atoms with van der Waals surface area (Å²) in [6.45, 7) is 3.25. The van der Waals surface area contributed by atoms with Crippen LogP contribution >= 0.6 is 0 Å². The second-order valence-corrected chi connectivity index (χ2v) is 4.68. The molecule has 0 bridgehead atoms. The van der Waals surface area contributed by atoms with Crippen LogP contribution in [0.4, 0.5) is 0 Å². The van der Waals surface area contributed by atoms with Gasteiger partial charge in [0.1, 0.15) is 5.41 Å². The molecule has 0 saturated carbocycles. The maximum atomic E-state index is 12.3. The summed E-state index contributed by atoms with van der Waals surface area (Å²) in [6, 6.07) is 0. The Hall–Kier alpha value is -0.610. The van der Waals surface area contributed by atoms with Gasteiger partial charge >= 0.3 is 0 Å². The van der Waals surface area contributed by atoms with Crippen LogP contribution in [0.25, 0.3) is 0 Å². The van der Waals surface area contributed by atoms with E-state index in [0.29, 0.717) is 19.8 Å². The van der Waals surface area contributed by atoms with Gasteiger partial charge in [-0.25, -0.2) is 0 Å². The highest BCUT2D eigenvalue weighted by molar-refractivity contribution is 5.84. The molecule has 1 amide bonds. The number of nitrogens with zero attached hydrogens (tertiary/aromatic N) is 1.